The van der Waals surface area contributed by atoms with E-state index in [-0.39, 0.29) is 12.6 Å². The van der Waals surface area contributed by atoms with Gasteiger partial charge < -0.3 is 15.1 Å². The number of urea groups is 1. The number of carbonyl (C=O) groups excluding carboxylic acids is 1. The monoisotopic (exact) mass is 265 g/mol. The Morgan fingerprint density at radius 2 is 1.89 bits per heavy atom. The first-order chi connectivity index (χ1) is 8.47. The summed E-state index contributed by atoms with van der Waals surface area (Å²) in [7, 11) is 0. The average Bonchev–Trinajstić information content (AvgIpc) is 2.31. The molecule has 0 aromatic rings. The van der Waals surface area contributed by atoms with E-state index in [9.17, 15) is 18.0 Å². The molecule has 0 aliphatic carbocycles. The lowest BCUT2D eigenvalue weighted by Crippen LogP contribution is -2.56. The summed E-state index contributed by atoms with van der Waals surface area (Å²) in [5, 5.41) is 3.19. The third kappa shape index (κ3) is 3.28. The molecule has 0 aromatic carbocycles. The van der Waals surface area contributed by atoms with Crippen LogP contribution in [-0.2, 0) is 0 Å². The fraction of sp³-hybridized carbons (Fsp3) is 0.909. The molecule has 4 nitrogen and oxygen atoms in total. The average molecular weight is 265 g/mol. The lowest BCUT2D eigenvalue weighted by atomic mass is 10.0. The summed E-state index contributed by atoms with van der Waals surface area (Å²) in [6.45, 7) is 1.31. The van der Waals surface area contributed by atoms with Gasteiger partial charge in [-0.25, -0.2) is 4.79 Å². The third-order valence-corrected chi connectivity index (χ3v) is 3.46. The van der Waals surface area contributed by atoms with E-state index in [1.54, 1.807) is 4.90 Å². The summed E-state index contributed by atoms with van der Waals surface area (Å²) >= 11 is 0. The maximum absolute atomic E-state index is 12.4. The Morgan fingerprint density at radius 3 is 2.50 bits per heavy atom. The normalized spacial score (nSPS) is 23.6. The summed E-state index contributed by atoms with van der Waals surface area (Å²) in [5.74, 6) is 0. The lowest BCUT2D eigenvalue weighted by molar-refractivity contribution is -0.143. The minimum Gasteiger partial charge on any atom is -0.322 e. The number of hydrogen-bond donors (Lipinski definition) is 1. The number of carbonyl (C=O) groups is 1. The second-order valence-corrected chi connectivity index (χ2v) is 4.85. The lowest BCUT2D eigenvalue weighted by Gasteiger charge is -2.41. The quantitative estimate of drug-likeness (QED) is 0.820. The van der Waals surface area contributed by atoms with Gasteiger partial charge in [0.1, 0.15) is 6.54 Å². The first-order valence-corrected chi connectivity index (χ1v) is 6.30. The van der Waals surface area contributed by atoms with Crippen LogP contribution < -0.4 is 5.32 Å². The fourth-order valence-corrected chi connectivity index (χ4v) is 2.63. The Labute approximate surface area is 104 Å². The molecule has 0 saturated carbocycles. The summed E-state index contributed by atoms with van der Waals surface area (Å²) in [6, 6.07) is -0.361. The highest BCUT2D eigenvalue weighted by Gasteiger charge is 2.38. The molecular formula is C11H18F3N3O. The highest BCUT2D eigenvalue weighted by atomic mass is 19.4. The molecule has 0 aromatic heterocycles. The zero-order chi connectivity index (χ0) is 13.2. The van der Waals surface area contributed by atoms with E-state index < -0.39 is 18.8 Å². The molecule has 2 heterocycles. The number of nitrogens with zero attached hydrogens (tertiary/aromatic N) is 2. The van der Waals surface area contributed by atoms with Crippen LogP contribution in [0.25, 0.3) is 0 Å². The molecular weight excluding hydrogens is 247 g/mol. The van der Waals surface area contributed by atoms with Crippen LogP contribution in [0.5, 0.6) is 0 Å². The number of piperidine rings is 1. The van der Waals surface area contributed by atoms with Crippen molar-refractivity contribution >= 4 is 6.03 Å². The largest absolute Gasteiger partial charge is 0.406 e. The van der Waals surface area contributed by atoms with E-state index >= 15 is 0 Å². The van der Waals surface area contributed by atoms with E-state index in [1.807, 2.05) is 0 Å². The van der Waals surface area contributed by atoms with Crippen LogP contribution in [0, 0.1) is 0 Å². The van der Waals surface area contributed by atoms with E-state index in [1.165, 1.54) is 0 Å². The van der Waals surface area contributed by atoms with Gasteiger partial charge in [-0.3, -0.25) is 0 Å². The summed E-state index contributed by atoms with van der Waals surface area (Å²) in [6.07, 6.45) is -2.05. The number of halogens is 3. The number of nitrogens with one attached hydrogen (secondary N) is 1. The molecule has 0 unspecified atom stereocenters. The topological polar surface area (TPSA) is 35.6 Å². The molecule has 18 heavy (non-hydrogen) atoms. The Hall–Kier alpha value is -0.980. The van der Waals surface area contributed by atoms with Gasteiger partial charge in [0.25, 0.3) is 0 Å². The van der Waals surface area contributed by atoms with E-state index in [0.29, 0.717) is 13.0 Å². The highest BCUT2D eigenvalue weighted by molar-refractivity contribution is 5.75. The van der Waals surface area contributed by atoms with Crippen molar-refractivity contribution in [1.29, 1.82) is 0 Å². The minimum atomic E-state index is -4.31. The summed E-state index contributed by atoms with van der Waals surface area (Å²) < 4.78 is 37.1. The molecule has 2 aliphatic heterocycles. The number of alkyl halides is 3. The SMILES string of the molecule is O=C1N(CC(F)(F)F)CCCN1C1CCNCC1. The second kappa shape index (κ2) is 5.34. The Kier molecular flexibility index (Phi) is 3.99. The van der Waals surface area contributed by atoms with Gasteiger partial charge in [-0.05, 0) is 32.4 Å². The number of amides is 2. The summed E-state index contributed by atoms with van der Waals surface area (Å²) in [4.78, 5) is 14.6. The predicted octanol–water partition coefficient (Wildman–Crippen LogP) is 1.43. The van der Waals surface area contributed by atoms with Crippen molar-refractivity contribution in [1.82, 2.24) is 15.1 Å². The van der Waals surface area contributed by atoms with Gasteiger partial charge in [-0.15, -0.1) is 0 Å². The molecule has 0 atom stereocenters. The van der Waals surface area contributed by atoms with Gasteiger partial charge in [0, 0.05) is 19.1 Å². The van der Waals surface area contributed by atoms with E-state index in [0.717, 1.165) is 30.8 Å². The van der Waals surface area contributed by atoms with Crippen molar-refractivity contribution in [2.75, 3.05) is 32.7 Å². The van der Waals surface area contributed by atoms with Crippen molar-refractivity contribution in [3.63, 3.8) is 0 Å². The predicted molar refractivity (Wildman–Crippen MR) is 60.2 cm³/mol. The standard InChI is InChI=1S/C11H18F3N3O/c12-11(13,14)8-16-6-1-7-17(10(16)18)9-2-4-15-5-3-9/h9,15H,1-8H2. The van der Waals surface area contributed by atoms with Gasteiger partial charge in [0.15, 0.2) is 0 Å². The molecule has 0 bridgehead atoms. The van der Waals surface area contributed by atoms with Crippen molar-refractivity contribution in [2.45, 2.75) is 31.5 Å². The zero-order valence-electron chi connectivity index (χ0n) is 10.2. The minimum absolute atomic E-state index is 0.0924. The summed E-state index contributed by atoms with van der Waals surface area (Å²) in [5.41, 5.74) is 0. The maximum atomic E-state index is 12.4. The van der Waals surface area contributed by atoms with Crippen LogP contribution in [0.15, 0.2) is 0 Å². The molecule has 2 aliphatic rings. The van der Waals surface area contributed by atoms with Crippen molar-refractivity contribution in [3.05, 3.63) is 0 Å². The third-order valence-electron chi connectivity index (χ3n) is 3.46. The molecule has 104 valence electrons. The Bertz CT molecular complexity index is 302. The van der Waals surface area contributed by atoms with Crippen LogP contribution in [0.3, 0.4) is 0 Å². The van der Waals surface area contributed by atoms with Gasteiger partial charge in [-0.1, -0.05) is 0 Å². The van der Waals surface area contributed by atoms with E-state index in [2.05, 4.69) is 5.32 Å². The highest BCUT2D eigenvalue weighted by Crippen LogP contribution is 2.22. The van der Waals surface area contributed by atoms with Crippen molar-refractivity contribution in [2.24, 2.45) is 0 Å². The number of rotatable bonds is 2. The molecule has 2 rings (SSSR count). The molecule has 2 fully saturated rings. The molecule has 0 spiro atoms. The van der Waals surface area contributed by atoms with Crippen molar-refractivity contribution in [3.8, 4) is 0 Å². The Morgan fingerprint density at radius 1 is 1.22 bits per heavy atom. The van der Waals surface area contributed by atoms with Crippen LogP contribution in [-0.4, -0.2) is 60.8 Å². The number of hydrogen-bond acceptors (Lipinski definition) is 2. The van der Waals surface area contributed by atoms with Gasteiger partial charge >= 0.3 is 12.2 Å². The molecule has 0 radical (unpaired) electrons. The molecule has 2 amide bonds. The van der Waals surface area contributed by atoms with Crippen LogP contribution in [0.1, 0.15) is 19.3 Å². The smallest absolute Gasteiger partial charge is 0.322 e. The van der Waals surface area contributed by atoms with Gasteiger partial charge in [0.05, 0.1) is 0 Å². The van der Waals surface area contributed by atoms with E-state index in [4.69, 9.17) is 0 Å². The fourth-order valence-electron chi connectivity index (χ4n) is 2.63. The first kappa shape index (κ1) is 13.5. The molecule has 2 saturated heterocycles. The zero-order valence-corrected chi connectivity index (χ0v) is 10.2. The molecule has 1 N–H and O–H groups in total. The maximum Gasteiger partial charge on any atom is 0.406 e. The van der Waals surface area contributed by atoms with Crippen molar-refractivity contribution < 1.29 is 18.0 Å². The second-order valence-electron chi connectivity index (χ2n) is 4.85. The van der Waals surface area contributed by atoms with Gasteiger partial charge in [0.2, 0.25) is 0 Å². The first-order valence-electron chi connectivity index (χ1n) is 6.30. The molecule has 7 heteroatoms. The Balaban J connectivity index is 1.97. The van der Waals surface area contributed by atoms with Crippen LogP contribution in [0.4, 0.5) is 18.0 Å². The van der Waals surface area contributed by atoms with Gasteiger partial charge in [-0.2, -0.15) is 13.2 Å². The van der Waals surface area contributed by atoms with Crippen LogP contribution >= 0.6 is 0 Å². The van der Waals surface area contributed by atoms with Crippen LogP contribution in [0.2, 0.25) is 0 Å².